The summed E-state index contributed by atoms with van der Waals surface area (Å²) in [7, 11) is 0. The summed E-state index contributed by atoms with van der Waals surface area (Å²) >= 11 is 0. The van der Waals surface area contributed by atoms with Gasteiger partial charge in [-0.1, -0.05) is 32.9 Å². The molecule has 1 aromatic carbocycles. The first-order chi connectivity index (χ1) is 11.8. The van der Waals surface area contributed by atoms with Crippen molar-refractivity contribution in [2.24, 2.45) is 11.3 Å². The van der Waals surface area contributed by atoms with E-state index in [-0.39, 0.29) is 29.6 Å². The van der Waals surface area contributed by atoms with Gasteiger partial charge in [-0.05, 0) is 42.9 Å². The minimum atomic E-state index is -0.430. The molecule has 2 atom stereocenters. The number of piperidine rings is 1. The van der Waals surface area contributed by atoms with Crippen LogP contribution in [0.5, 0.6) is 0 Å². The number of rotatable bonds is 2. The van der Waals surface area contributed by atoms with Gasteiger partial charge in [0.15, 0.2) is 0 Å². The number of hydrogen-bond donors (Lipinski definition) is 1. The summed E-state index contributed by atoms with van der Waals surface area (Å²) in [5.74, 6) is -0.293. The zero-order valence-corrected chi connectivity index (χ0v) is 15.3. The molecular formula is C20H27FN2O2. The quantitative estimate of drug-likeness (QED) is 0.894. The summed E-state index contributed by atoms with van der Waals surface area (Å²) in [5.41, 5.74) is 1.19. The van der Waals surface area contributed by atoms with Gasteiger partial charge >= 0.3 is 0 Å². The van der Waals surface area contributed by atoms with Crippen molar-refractivity contribution in [2.45, 2.75) is 52.5 Å². The van der Waals surface area contributed by atoms with Gasteiger partial charge in [0.25, 0.3) is 0 Å². The van der Waals surface area contributed by atoms with Gasteiger partial charge < -0.3 is 10.2 Å². The van der Waals surface area contributed by atoms with Crippen LogP contribution >= 0.6 is 0 Å². The lowest BCUT2D eigenvalue weighted by Crippen LogP contribution is -2.49. The summed E-state index contributed by atoms with van der Waals surface area (Å²) in [6.07, 6.45) is 3.03. The second kappa shape index (κ2) is 6.77. The average molecular weight is 346 g/mol. The van der Waals surface area contributed by atoms with Gasteiger partial charge in [0.05, 0.1) is 12.0 Å². The van der Waals surface area contributed by atoms with Crippen molar-refractivity contribution in [3.63, 3.8) is 0 Å². The molecule has 1 aliphatic carbocycles. The van der Waals surface area contributed by atoms with E-state index in [2.05, 4.69) is 5.32 Å². The van der Waals surface area contributed by atoms with Crippen LogP contribution in [-0.4, -0.2) is 29.8 Å². The molecule has 0 spiro atoms. The minimum Gasteiger partial charge on any atom is -0.349 e. The molecule has 4 nitrogen and oxygen atoms in total. The summed E-state index contributed by atoms with van der Waals surface area (Å²) < 4.78 is 13.9. The van der Waals surface area contributed by atoms with E-state index in [0.717, 1.165) is 36.9 Å². The number of carbonyl (C=O) groups is 2. The number of nitrogens with one attached hydrogen (secondary N) is 1. The highest BCUT2D eigenvalue weighted by Crippen LogP contribution is 2.33. The zero-order valence-electron chi connectivity index (χ0n) is 15.3. The first-order valence-corrected chi connectivity index (χ1v) is 9.14. The Bertz CT molecular complexity index is 681. The molecule has 25 heavy (non-hydrogen) atoms. The van der Waals surface area contributed by atoms with E-state index in [1.54, 1.807) is 6.07 Å². The maximum Gasteiger partial charge on any atom is 0.227 e. The maximum atomic E-state index is 13.9. The van der Waals surface area contributed by atoms with Gasteiger partial charge in [-0.25, -0.2) is 4.39 Å². The first kappa shape index (κ1) is 17.9. The van der Waals surface area contributed by atoms with Crippen LogP contribution in [0.25, 0.3) is 0 Å². The van der Waals surface area contributed by atoms with Crippen LogP contribution in [0.15, 0.2) is 18.2 Å². The smallest absolute Gasteiger partial charge is 0.227 e. The molecule has 1 N–H and O–H groups in total. The van der Waals surface area contributed by atoms with Crippen molar-refractivity contribution in [2.75, 3.05) is 13.1 Å². The van der Waals surface area contributed by atoms with Gasteiger partial charge in [0.1, 0.15) is 5.82 Å². The van der Waals surface area contributed by atoms with Gasteiger partial charge in [0.2, 0.25) is 11.8 Å². The Kier molecular flexibility index (Phi) is 4.85. The van der Waals surface area contributed by atoms with E-state index in [0.29, 0.717) is 13.0 Å². The third-order valence-electron chi connectivity index (χ3n) is 5.25. The molecule has 1 aromatic rings. The Balaban J connectivity index is 1.65. The van der Waals surface area contributed by atoms with E-state index in [1.165, 1.54) is 6.07 Å². The molecule has 0 radical (unpaired) electrons. The molecule has 2 amide bonds. The molecule has 1 saturated heterocycles. The largest absolute Gasteiger partial charge is 0.349 e. The molecule has 0 saturated carbocycles. The molecule has 0 aromatic heterocycles. The van der Waals surface area contributed by atoms with Crippen molar-refractivity contribution >= 4 is 11.8 Å². The Morgan fingerprint density at radius 3 is 2.72 bits per heavy atom. The topological polar surface area (TPSA) is 49.4 Å². The Morgan fingerprint density at radius 1 is 1.24 bits per heavy atom. The SMILES string of the molecule is CC(C)(C)C(=O)N1CCCC(C(=O)NC2CCc3c(F)cccc32)C1. The predicted molar refractivity (Wildman–Crippen MR) is 94.4 cm³/mol. The van der Waals surface area contributed by atoms with Crippen molar-refractivity contribution in [1.29, 1.82) is 0 Å². The number of halogens is 1. The molecule has 0 bridgehead atoms. The fraction of sp³-hybridized carbons (Fsp3) is 0.600. The Labute approximate surface area is 148 Å². The van der Waals surface area contributed by atoms with Crippen LogP contribution in [0.4, 0.5) is 4.39 Å². The lowest BCUT2D eigenvalue weighted by molar-refractivity contribution is -0.142. The third-order valence-corrected chi connectivity index (χ3v) is 5.25. The predicted octanol–water partition coefficient (Wildman–Crippen LogP) is 3.21. The lowest BCUT2D eigenvalue weighted by Gasteiger charge is -2.36. The van der Waals surface area contributed by atoms with E-state index in [9.17, 15) is 14.0 Å². The summed E-state index contributed by atoms with van der Waals surface area (Å²) in [6, 6.07) is 4.95. The van der Waals surface area contributed by atoms with E-state index in [1.807, 2.05) is 31.7 Å². The monoisotopic (exact) mass is 346 g/mol. The fourth-order valence-corrected chi connectivity index (χ4v) is 3.90. The maximum absolute atomic E-state index is 13.9. The van der Waals surface area contributed by atoms with Gasteiger partial charge in [-0.3, -0.25) is 9.59 Å². The standard InChI is InChI=1S/C20H27FN2O2/c1-20(2,3)19(25)23-11-5-6-13(12-23)18(24)22-17-10-9-14-15(17)7-4-8-16(14)21/h4,7-8,13,17H,5-6,9-12H2,1-3H3,(H,22,24). The average Bonchev–Trinajstić information content (AvgIpc) is 2.98. The second-order valence-corrected chi connectivity index (χ2v) is 8.25. The van der Waals surface area contributed by atoms with Crippen molar-refractivity contribution in [1.82, 2.24) is 10.2 Å². The lowest BCUT2D eigenvalue weighted by atomic mass is 9.90. The normalized spacial score (nSPS) is 23.3. The highest BCUT2D eigenvalue weighted by atomic mass is 19.1. The van der Waals surface area contributed by atoms with Crippen LogP contribution in [0.1, 0.15) is 57.2 Å². The molecule has 2 aliphatic rings. The van der Waals surface area contributed by atoms with Crippen LogP contribution in [0, 0.1) is 17.2 Å². The number of likely N-dealkylation sites (tertiary alicyclic amines) is 1. The number of benzene rings is 1. The first-order valence-electron chi connectivity index (χ1n) is 9.14. The molecule has 3 rings (SSSR count). The van der Waals surface area contributed by atoms with Crippen LogP contribution < -0.4 is 5.32 Å². The molecule has 1 aliphatic heterocycles. The summed E-state index contributed by atoms with van der Waals surface area (Å²) in [6.45, 7) is 6.91. The highest BCUT2D eigenvalue weighted by molar-refractivity contribution is 5.84. The Hall–Kier alpha value is -1.91. The van der Waals surface area contributed by atoms with Crippen LogP contribution in [0.3, 0.4) is 0 Å². The highest BCUT2D eigenvalue weighted by Gasteiger charge is 2.35. The molecule has 1 heterocycles. The zero-order chi connectivity index (χ0) is 18.2. The van der Waals surface area contributed by atoms with E-state index in [4.69, 9.17) is 0 Å². The number of fused-ring (bicyclic) bond motifs is 1. The minimum absolute atomic E-state index is 0.0199. The number of nitrogens with zero attached hydrogens (tertiary/aromatic N) is 1. The number of carbonyl (C=O) groups excluding carboxylic acids is 2. The van der Waals surface area contributed by atoms with Crippen molar-refractivity contribution in [3.05, 3.63) is 35.1 Å². The number of hydrogen-bond acceptors (Lipinski definition) is 2. The fourth-order valence-electron chi connectivity index (χ4n) is 3.90. The molecule has 136 valence electrons. The molecule has 5 heteroatoms. The summed E-state index contributed by atoms with van der Waals surface area (Å²) in [5, 5.41) is 3.09. The van der Waals surface area contributed by atoms with Crippen molar-refractivity contribution in [3.8, 4) is 0 Å². The van der Waals surface area contributed by atoms with Crippen molar-refractivity contribution < 1.29 is 14.0 Å². The second-order valence-electron chi connectivity index (χ2n) is 8.25. The number of amides is 2. The molecule has 1 fully saturated rings. The van der Waals surface area contributed by atoms with Crippen LogP contribution in [-0.2, 0) is 16.0 Å². The Morgan fingerprint density at radius 2 is 2.00 bits per heavy atom. The van der Waals surface area contributed by atoms with Gasteiger partial charge in [-0.15, -0.1) is 0 Å². The van der Waals surface area contributed by atoms with E-state index >= 15 is 0 Å². The molecule has 2 unspecified atom stereocenters. The van der Waals surface area contributed by atoms with Crippen LogP contribution in [0.2, 0.25) is 0 Å². The third kappa shape index (κ3) is 3.70. The van der Waals surface area contributed by atoms with Gasteiger partial charge in [-0.2, -0.15) is 0 Å². The van der Waals surface area contributed by atoms with Gasteiger partial charge in [0, 0.05) is 18.5 Å². The van der Waals surface area contributed by atoms with E-state index < -0.39 is 5.41 Å². The molecular weight excluding hydrogens is 319 g/mol. The summed E-state index contributed by atoms with van der Waals surface area (Å²) in [4.78, 5) is 27.0.